The number of oxazole rings is 1. The predicted molar refractivity (Wildman–Crippen MR) is 249 cm³/mol. The van der Waals surface area contributed by atoms with Gasteiger partial charge in [-0.05, 0) is 102 Å². The maximum absolute atomic E-state index is 6.90. The van der Waals surface area contributed by atoms with Gasteiger partial charge in [-0.15, -0.1) is 0 Å². The maximum Gasteiger partial charge on any atom is 0.227 e. The largest absolute Gasteiger partial charge is 0.456 e. The molecule has 0 saturated heterocycles. The molecule has 0 amide bonds. The highest BCUT2D eigenvalue weighted by atomic mass is 16.4. The smallest absolute Gasteiger partial charge is 0.227 e. The Balaban J connectivity index is 1.17. The lowest BCUT2D eigenvalue weighted by atomic mass is 10.0. The first-order valence-corrected chi connectivity index (χ1v) is 20.4. The van der Waals surface area contributed by atoms with Crippen molar-refractivity contribution in [2.24, 2.45) is 0 Å². The van der Waals surface area contributed by atoms with Crippen molar-refractivity contribution >= 4 is 89.1 Å². The number of anilines is 6. The molecule has 6 nitrogen and oxygen atoms in total. The SMILES string of the molecule is c1ccc(-c2cccc(N(c3cc(N(c4ccccc4)c4cccc5oc6ccccc6c45)c4oc(-c5ccccc5)nc4c3)c3ccc4oc5ccccc5c4c3)c2)cc1. The van der Waals surface area contributed by atoms with Crippen LogP contribution in [0.1, 0.15) is 0 Å². The minimum atomic E-state index is 0.540. The third-order valence-electron chi connectivity index (χ3n) is 11.4. The molecule has 0 aliphatic rings. The number of nitrogens with zero attached hydrogens (tertiary/aromatic N) is 3. The lowest BCUT2D eigenvalue weighted by molar-refractivity contribution is 0.620. The number of para-hydroxylation sites is 3. The van der Waals surface area contributed by atoms with Crippen LogP contribution in [0.5, 0.6) is 0 Å². The Morgan fingerprint density at radius 2 is 0.918 bits per heavy atom. The molecule has 288 valence electrons. The van der Waals surface area contributed by atoms with E-state index in [1.165, 1.54) is 0 Å². The van der Waals surface area contributed by atoms with Gasteiger partial charge in [-0.25, -0.2) is 4.98 Å². The van der Waals surface area contributed by atoms with Crippen LogP contribution in [0, 0.1) is 0 Å². The van der Waals surface area contributed by atoms with Crippen molar-refractivity contribution in [2.45, 2.75) is 0 Å². The summed E-state index contributed by atoms with van der Waals surface area (Å²) in [5.41, 5.74) is 13.4. The van der Waals surface area contributed by atoms with Crippen LogP contribution in [0.2, 0.25) is 0 Å². The fraction of sp³-hybridized carbons (Fsp3) is 0. The number of benzene rings is 9. The van der Waals surface area contributed by atoms with Crippen LogP contribution in [0.4, 0.5) is 34.1 Å². The summed E-state index contributed by atoms with van der Waals surface area (Å²) in [6, 6.07) is 73.2. The molecule has 0 radical (unpaired) electrons. The Bertz CT molecular complexity index is 3550. The van der Waals surface area contributed by atoms with Crippen LogP contribution in [-0.4, -0.2) is 4.98 Å². The first kappa shape index (κ1) is 34.7. The molecule has 0 fully saturated rings. The first-order valence-electron chi connectivity index (χ1n) is 20.4. The van der Waals surface area contributed by atoms with Crippen LogP contribution >= 0.6 is 0 Å². The average molecular weight is 786 g/mol. The van der Waals surface area contributed by atoms with E-state index >= 15 is 0 Å². The average Bonchev–Trinajstić information content (AvgIpc) is 4.04. The first-order chi connectivity index (χ1) is 30.2. The number of rotatable bonds is 8. The fourth-order valence-corrected chi connectivity index (χ4v) is 8.68. The van der Waals surface area contributed by atoms with Crippen LogP contribution < -0.4 is 9.80 Å². The Kier molecular flexibility index (Phi) is 8.06. The molecule has 3 heterocycles. The summed E-state index contributed by atoms with van der Waals surface area (Å²) in [6.45, 7) is 0. The molecule has 0 aliphatic heterocycles. The summed E-state index contributed by atoms with van der Waals surface area (Å²) in [5, 5.41) is 4.14. The molecule has 12 aromatic rings. The zero-order valence-electron chi connectivity index (χ0n) is 32.8. The monoisotopic (exact) mass is 785 g/mol. The molecule has 0 saturated carbocycles. The van der Waals surface area contributed by atoms with Crippen molar-refractivity contribution in [1.29, 1.82) is 0 Å². The van der Waals surface area contributed by atoms with E-state index in [0.717, 1.165) is 100 Å². The van der Waals surface area contributed by atoms with Crippen molar-refractivity contribution < 1.29 is 13.3 Å². The van der Waals surface area contributed by atoms with Crippen molar-refractivity contribution in [1.82, 2.24) is 4.98 Å². The van der Waals surface area contributed by atoms with Crippen LogP contribution in [0.15, 0.2) is 226 Å². The van der Waals surface area contributed by atoms with Crippen molar-refractivity contribution in [2.75, 3.05) is 9.80 Å². The molecular weight excluding hydrogens is 751 g/mol. The zero-order chi connectivity index (χ0) is 40.3. The fourth-order valence-electron chi connectivity index (χ4n) is 8.68. The minimum Gasteiger partial charge on any atom is -0.456 e. The van der Waals surface area contributed by atoms with Gasteiger partial charge in [0.25, 0.3) is 0 Å². The Hall–Kier alpha value is -8.35. The van der Waals surface area contributed by atoms with Gasteiger partial charge in [0.1, 0.15) is 27.8 Å². The molecular formula is C55H35N3O3. The molecule has 0 N–H and O–H groups in total. The second-order valence-electron chi connectivity index (χ2n) is 15.1. The van der Waals surface area contributed by atoms with E-state index in [1.807, 2.05) is 72.8 Å². The molecule has 0 atom stereocenters. The Labute approximate surface area is 350 Å². The summed E-state index contributed by atoms with van der Waals surface area (Å²) in [4.78, 5) is 9.83. The van der Waals surface area contributed by atoms with Gasteiger partial charge in [0.05, 0.1) is 22.4 Å². The molecule has 6 heteroatoms. The molecule has 0 spiro atoms. The van der Waals surface area contributed by atoms with Crippen LogP contribution in [0.25, 0.3) is 77.6 Å². The predicted octanol–water partition coefficient (Wildman–Crippen LogP) is 15.9. The number of fused-ring (bicyclic) bond motifs is 7. The summed E-state index contributed by atoms with van der Waals surface area (Å²) in [7, 11) is 0. The highest BCUT2D eigenvalue weighted by Crippen LogP contribution is 2.49. The quantitative estimate of drug-likeness (QED) is 0.153. The standard InChI is InChI=1S/C55H35N3O3/c1-4-16-36(17-5-1)38-20-14-23-40(32-38)57(41-30-31-51-45(33-41)43-24-10-12-27-49(43)59-51)42-34-46-54(61-55(56-46)37-18-6-2-7-19-37)48(35-42)58(39-21-8-3-9-22-39)47-26-15-29-52-53(47)44-25-11-13-28-50(44)60-52/h1-35H. The van der Waals surface area contributed by atoms with Crippen molar-refractivity contribution in [3.63, 3.8) is 0 Å². The van der Waals surface area contributed by atoms with E-state index in [0.29, 0.717) is 11.5 Å². The summed E-state index contributed by atoms with van der Waals surface area (Å²) in [5.74, 6) is 0.540. The molecule has 0 unspecified atom stereocenters. The van der Waals surface area contributed by atoms with E-state index in [4.69, 9.17) is 18.2 Å². The van der Waals surface area contributed by atoms with E-state index < -0.39 is 0 Å². The van der Waals surface area contributed by atoms with Gasteiger partial charge in [-0.2, -0.15) is 0 Å². The molecule has 61 heavy (non-hydrogen) atoms. The van der Waals surface area contributed by atoms with Crippen LogP contribution in [-0.2, 0) is 0 Å². The topological polar surface area (TPSA) is 58.8 Å². The summed E-state index contributed by atoms with van der Waals surface area (Å²) in [6.07, 6.45) is 0. The second-order valence-corrected chi connectivity index (χ2v) is 15.1. The molecule has 9 aromatic carbocycles. The van der Waals surface area contributed by atoms with Crippen molar-refractivity contribution in [3.05, 3.63) is 212 Å². The van der Waals surface area contributed by atoms with Gasteiger partial charge in [0.2, 0.25) is 5.89 Å². The Morgan fingerprint density at radius 3 is 1.72 bits per heavy atom. The van der Waals surface area contributed by atoms with Gasteiger partial charge in [-0.3, -0.25) is 0 Å². The molecule has 3 aromatic heterocycles. The second kappa shape index (κ2) is 14.2. The lowest BCUT2D eigenvalue weighted by Gasteiger charge is -2.30. The number of hydrogen-bond acceptors (Lipinski definition) is 6. The minimum absolute atomic E-state index is 0.540. The van der Waals surface area contributed by atoms with Crippen LogP contribution in [0.3, 0.4) is 0 Å². The Morgan fingerprint density at radius 1 is 0.328 bits per heavy atom. The third kappa shape index (κ3) is 5.92. The van der Waals surface area contributed by atoms with E-state index in [2.05, 4.69) is 149 Å². The van der Waals surface area contributed by atoms with Crippen molar-refractivity contribution in [3.8, 4) is 22.6 Å². The van der Waals surface area contributed by atoms with E-state index in [1.54, 1.807) is 0 Å². The van der Waals surface area contributed by atoms with E-state index in [-0.39, 0.29) is 0 Å². The van der Waals surface area contributed by atoms with Gasteiger partial charge in [0.15, 0.2) is 5.58 Å². The lowest BCUT2D eigenvalue weighted by Crippen LogP contribution is -2.14. The molecule has 0 bridgehead atoms. The van der Waals surface area contributed by atoms with Gasteiger partial charge >= 0.3 is 0 Å². The van der Waals surface area contributed by atoms with E-state index in [9.17, 15) is 0 Å². The number of furan rings is 2. The molecule has 0 aliphatic carbocycles. The maximum atomic E-state index is 6.90. The summed E-state index contributed by atoms with van der Waals surface area (Å²) < 4.78 is 19.7. The number of aromatic nitrogens is 1. The molecule has 12 rings (SSSR count). The van der Waals surface area contributed by atoms with Gasteiger partial charge in [0, 0.05) is 38.8 Å². The normalized spacial score (nSPS) is 11.6. The van der Waals surface area contributed by atoms with Gasteiger partial charge < -0.3 is 23.1 Å². The zero-order valence-corrected chi connectivity index (χ0v) is 32.8. The van der Waals surface area contributed by atoms with Gasteiger partial charge in [-0.1, -0.05) is 121 Å². The third-order valence-corrected chi connectivity index (χ3v) is 11.4. The highest BCUT2D eigenvalue weighted by Gasteiger charge is 2.27. The highest BCUT2D eigenvalue weighted by molar-refractivity contribution is 6.14. The number of hydrogen-bond donors (Lipinski definition) is 0. The summed E-state index contributed by atoms with van der Waals surface area (Å²) >= 11 is 0.